The monoisotopic (exact) mass is 271 g/mol. The van der Waals surface area contributed by atoms with Crippen molar-refractivity contribution in [2.45, 2.75) is 26.3 Å². The molecule has 0 heterocycles. The highest BCUT2D eigenvalue weighted by Gasteiger charge is 2.14. The van der Waals surface area contributed by atoms with Crippen LogP contribution < -0.4 is 10.5 Å². The van der Waals surface area contributed by atoms with Crippen LogP contribution in [0.4, 0.5) is 0 Å². The number of nitrogens with two attached hydrogens (primary N) is 1. The summed E-state index contributed by atoms with van der Waals surface area (Å²) in [6.07, 6.45) is 1.09. The second-order valence-corrected chi connectivity index (χ2v) is 4.66. The van der Waals surface area contributed by atoms with E-state index in [4.69, 9.17) is 10.5 Å². The normalized spacial score (nSPS) is 14.7. The molecule has 2 N–H and O–H groups in total. The van der Waals surface area contributed by atoms with Crippen molar-refractivity contribution in [2.75, 3.05) is 7.11 Å². The van der Waals surface area contributed by atoms with Crippen molar-refractivity contribution in [2.24, 2.45) is 11.7 Å². The third-order valence-electron chi connectivity index (χ3n) is 2.82. The van der Waals surface area contributed by atoms with Gasteiger partial charge in [-0.2, -0.15) is 0 Å². The molecule has 84 valence electrons. The molecule has 1 aromatic rings. The molecule has 0 radical (unpaired) electrons. The molecule has 0 fully saturated rings. The lowest BCUT2D eigenvalue weighted by Crippen LogP contribution is -2.18. The van der Waals surface area contributed by atoms with Crippen LogP contribution in [0.2, 0.25) is 0 Å². The quantitative estimate of drug-likeness (QED) is 0.910. The van der Waals surface area contributed by atoms with Crippen molar-refractivity contribution < 1.29 is 4.74 Å². The van der Waals surface area contributed by atoms with Crippen LogP contribution in [-0.4, -0.2) is 7.11 Å². The van der Waals surface area contributed by atoms with E-state index in [0.29, 0.717) is 5.92 Å². The average Bonchev–Trinajstić information content (AvgIpc) is 2.26. The van der Waals surface area contributed by atoms with Crippen LogP contribution in [0.1, 0.15) is 31.9 Å². The highest BCUT2D eigenvalue weighted by Crippen LogP contribution is 2.30. The fourth-order valence-electron chi connectivity index (χ4n) is 1.47. The van der Waals surface area contributed by atoms with Gasteiger partial charge >= 0.3 is 0 Å². The number of ether oxygens (including phenoxy) is 1. The maximum absolute atomic E-state index is 6.15. The summed E-state index contributed by atoms with van der Waals surface area (Å²) >= 11 is 3.47. The average molecular weight is 272 g/mol. The number of rotatable bonds is 4. The van der Waals surface area contributed by atoms with Gasteiger partial charge in [-0.3, -0.25) is 0 Å². The minimum Gasteiger partial charge on any atom is -0.496 e. The first-order valence-electron chi connectivity index (χ1n) is 5.19. The van der Waals surface area contributed by atoms with Crippen LogP contribution in [0.5, 0.6) is 5.75 Å². The molecule has 3 heteroatoms. The summed E-state index contributed by atoms with van der Waals surface area (Å²) in [7, 11) is 1.66. The van der Waals surface area contributed by atoms with Gasteiger partial charge in [-0.05, 0) is 39.5 Å². The highest BCUT2D eigenvalue weighted by molar-refractivity contribution is 9.10. The van der Waals surface area contributed by atoms with Gasteiger partial charge in [0.25, 0.3) is 0 Å². The first kappa shape index (κ1) is 12.5. The van der Waals surface area contributed by atoms with Crippen molar-refractivity contribution in [3.63, 3.8) is 0 Å². The van der Waals surface area contributed by atoms with Gasteiger partial charge in [0.05, 0.1) is 11.6 Å². The van der Waals surface area contributed by atoms with Crippen molar-refractivity contribution >= 4 is 15.9 Å². The third-order valence-corrected chi connectivity index (χ3v) is 3.44. The van der Waals surface area contributed by atoms with Crippen molar-refractivity contribution in [1.82, 2.24) is 0 Å². The molecule has 15 heavy (non-hydrogen) atoms. The van der Waals surface area contributed by atoms with E-state index in [-0.39, 0.29) is 6.04 Å². The Morgan fingerprint density at radius 2 is 2.13 bits per heavy atom. The molecule has 0 aromatic heterocycles. The van der Waals surface area contributed by atoms with Gasteiger partial charge in [-0.1, -0.05) is 26.3 Å². The molecule has 0 spiro atoms. The van der Waals surface area contributed by atoms with Gasteiger partial charge < -0.3 is 10.5 Å². The smallest absolute Gasteiger partial charge is 0.133 e. The fourth-order valence-corrected chi connectivity index (χ4v) is 2.03. The zero-order valence-electron chi connectivity index (χ0n) is 9.46. The fraction of sp³-hybridized carbons (Fsp3) is 0.500. The lowest BCUT2D eigenvalue weighted by molar-refractivity contribution is 0.410. The van der Waals surface area contributed by atoms with E-state index >= 15 is 0 Å². The summed E-state index contributed by atoms with van der Waals surface area (Å²) in [6, 6.07) is 6.11. The summed E-state index contributed by atoms with van der Waals surface area (Å²) in [6.45, 7) is 4.33. The standard InChI is InChI=1S/C12H18BrNO/c1-4-8(2)12(14)9-5-6-11(15-3)10(13)7-9/h5-8,12H,4,14H2,1-3H3/t8?,12-/m0/s1. The number of hydrogen-bond donors (Lipinski definition) is 1. The van der Waals surface area contributed by atoms with Gasteiger partial charge in [0, 0.05) is 6.04 Å². The molecule has 0 saturated heterocycles. The molecule has 0 saturated carbocycles. The Kier molecular flexibility index (Phi) is 4.61. The van der Waals surface area contributed by atoms with Crippen molar-refractivity contribution in [3.8, 4) is 5.75 Å². The van der Waals surface area contributed by atoms with Crippen LogP contribution in [0, 0.1) is 5.92 Å². The molecule has 0 amide bonds. The van der Waals surface area contributed by atoms with Crippen LogP contribution in [0.25, 0.3) is 0 Å². The van der Waals surface area contributed by atoms with Gasteiger partial charge in [0.2, 0.25) is 0 Å². The van der Waals surface area contributed by atoms with Crippen LogP contribution in [0.15, 0.2) is 22.7 Å². The van der Waals surface area contributed by atoms with E-state index in [2.05, 4.69) is 29.8 Å². The molecule has 0 aliphatic carbocycles. The summed E-state index contributed by atoms with van der Waals surface area (Å²) in [5.41, 5.74) is 7.30. The van der Waals surface area contributed by atoms with E-state index in [0.717, 1.165) is 22.2 Å². The number of halogens is 1. The molecule has 0 bridgehead atoms. The van der Waals surface area contributed by atoms with E-state index in [1.807, 2.05) is 18.2 Å². The molecular formula is C12H18BrNO. The van der Waals surface area contributed by atoms with E-state index in [9.17, 15) is 0 Å². The Hall–Kier alpha value is -0.540. The van der Waals surface area contributed by atoms with E-state index < -0.39 is 0 Å². The Morgan fingerprint density at radius 1 is 1.47 bits per heavy atom. The molecule has 2 nitrogen and oxygen atoms in total. The molecule has 1 unspecified atom stereocenters. The lowest BCUT2D eigenvalue weighted by atomic mass is 9.93. The van der Waals surface area contributed by atoms with Gasteiger partial charge in [-0.15, -0.1) is 0 Å². The molecule has 1 aromatic carbocycles. The van der Waals surface area contributed by atoms with Gasteiger partial charge in [-0.25, -0.2) is 0 Å². The summed E-state index contributed by atoms with van der Waals surface area (Å²) < 4.78 is 6.14. The van der Waals surface area contributed by atoms with Gasteiger partial charge in [0.1, 0.15) is 5.75 Å². The van der Waals surface area contributed by atoms with E-state index in [1.54, 1.807) is 7.11 Å². The molecule has 2 atom stereocenters. The summed E-state index contributed by atoms with van der Waals surface area (Å²) in [5, 5.41) is 0. The second-order valence-electron chi connectivity index (χ2n) is 3.81. The topological polar surface area (TPSA) is 35.2 Å². The van der Waals surface area contributed by atoms with Crippen LogP contribution >= 0.6 is 15.9 Å². The summed E-state index contributed by atoms with van der Waals surface area (Å²) in [4.78, 5) is 0. The zero-order chi connectivity index (χ0) is 11.4. The Morgan fingerprint density at radius 3 is 2.60 bits per heavy atom. The maximum atomic E-state index is 6.15. The largest absolute Gasteiger partial charge is 0.496 e. The minimum absolute atomic E-state index is 0.0946. The zero-order valence-corrected chi connectivity index (χ0v) is 11.0. The predicted molar refractivity (Wildman–Crippen MR) is 67.1 cm³/mol. The maximum Gasteiger partial charge on any atom is 0.133 e. The Bertz CT molecular complexity index is 327. The highest BCUT2D eigenvalue weighted by atomic mass is 79.9. The van der Waals surface area contributed by atoms with Gasteiger partial charge in [0.15, 0.2) is 0 Å². The van der Waals surface area contributed by atoms with Crippen LogP contribution in [0.3, 0.4) is 0 Å². The third kappa shape index (κ3) is 2.95. The summed E-state index contributed by atoms with van der Waals surface area (Å²) in [5.74, 6) is 1.33. The SMILES string of the molecule is CCC(C)[C@H](N)c1ccc(OC)c(Br)c1. The first-order chi connectivity index (χ1) is 7.10. The molecular weight excluding hydrogens is 254 g/mol. The van der Waals surface area contributed by atoms with E-state index in [1.165, 1.54) is 0 Å². The Balaban J connectivity index is 2.92. The predicted octanol–water partition coefficient (Wildman–Crippen LogP) is 3.50. The number of hydrogen-bond acceptors (Lipinski definition) is 2. The Labute approximate surface area is 99.9 Å². The van der Waals surface area contributed by atoms with Crippen LogP contribution in [-0.2, 0) is 0 Å². The molecule has 0 aliphatic rings. The van der Waals surface area contributed by atoms with Crippen molar-refractivity contribution in [1.29, 1.82) is 0 Å². The number of benzene rings is 1. The van der Waals surface area contributed by atoms with Crippen molar-refractivity contribution in [3.05, 3.63) is 28.2 Å². The minimum atomic E-state index is 0.0946. The number of methoxy groups -OCH3 is 1. The molecule has 0 aliphatic heterocycles. The molecule has 1 rings (SSSR count). The second kappa shape index (κ2) is 5.52. The first-order valence-corrected chi connectivity index (χ1v) is 5.98. The lowest BCUT2D eigenvalue weighted by Gasteiger charge is -2.19.